The van der Waals surface area contributed by atoms with Crippen LogP contribution in [0.3, 0.4) is 0 Å². The van der Waals surface area contributed by atoms with E-state index in [-0.39, 0.29) is 6.04 Å². The van der Waals surface area contributed by atoms with Crippen molar-refractivity contribution < 1.29 is 13.2 Å². The number of hydrogen-bond acceptors (Lipinski definition) is 4. The summed E-state index contributed by atoms with van der Waals surface area (Å²) in [6.45, 7) is 3.87. The molecule has 0 amide bonds. The van der Waals surface area contributed by atoms with Gasteiger partial charge in [0, 0.05) is 58.4 Å². The minimum Gasteiger partial charge on any atom is -0.355 e. The van der Waals surface area contributed by atoms with Crippen molar-refractivity contribution in [1.82, 2.24) is 25.3 Å². The molecule has 2 fully saturated rings. The normalized spacial score (nSPS) is 28.3. The fourth-order valence-electron chi connectivity index (χ4n) is 3.27. The molecule has 2 heterocycles. The average Bonchev–Trinajstić information content (AvgIpc) is 2.91. The minimum atomic E-state index is -4.13. The Morgan fingerprint density at radius 3 is 2.58 bits per heavy atom. The van der Waals surface area contributed by atoms with E-state index < -0.39 is 12.7 Å². The molecule has 9 heteroatoms. The van der Waals surface area contributed by atoms with Crippen LogP contribution >= 0.6 is 0 Å². The van der Waals surface area contributed by atoms with Crippen LogP contribution in [-0.4, -0.2) is 106 Å². The van der Waals surface area contributed by atoms with Crippen molar-refractivity contribution in [2.24, 2.45) is 4.99 Å². The maximum Gasteiger partial charge on any atom is 0.401 e. The van der Waals surface area contributed by atoms with Crippen LogP contribution in [0.4, 0.5) is 13.2 Å². The van der Waals surface area contributed by atoms with Gasteiger partial charge in [-0.15, -0.1) is 0 Å². The summed E-state index contributed by atoms with van der Waals surface area (Å²) in [4.78, 5) is 10.3. The zero-order valence-corrected chi connectivity index (χ0v) is 14.7. The number of nitrogens with zero attached hydrogens (tertiary/aromatic N) is 4. The van der Waals surface area contributed by atoms with Crippen molar-refractivity contribution >= 4 is 5.96 Å². The molecule has 2 saturated heterocycles. The molecule has 0 spiro atoms. The first-order valence-corrected chi connectivity index (χ1v) is 8.42. The van der Waals surface area contributed by atoms with Crippen LogP contribution in [0.25, 0.3) is 0 Å². The number of nitrogens with one attached hydrogen (secondary N) is 2. The number of aliphatic imine (C=N–C) groups is 1. The van der Waals surface area contributed by atoms with E-state index in [1.807, 2.05) is 0 Å². The molecule has 24 heavy (non-hydrogen) atoms. The van der Waals surface area contributed by atoms with E-state index in [1.165, 1.54) is 4.90 Å². The molecule has 2 atom stereocenters. The minimum absolute atomic E-state index is 0.00492. The lowest BCUT2D eigenvalue weighted by molar-refractivity contribution is -0.143. The highest BCUT2D eigenvalue weighted by Gasteiger charge is 2.34. The molecular formula is C15H29F3N6. The second-order valence-corrected chi connectivity index (χ2v) is 6.83. The van der Waals surface area contributed by atoms with E-state index in [0.29, 0.717) is 31.5 Å². The fourth-order valence-corrected chi connectivity index (χ4v) is 3.27. The van der Waals surface area contributed by atoms with E-state index in [0.717, 1.165) is 26.2 Å². The van der Waals surface area contributed by atoms with Gasteiger partial charge in [0.2, 0.25) is 0 Å². The Balaban J connectivity index is 1.75. The fraction of sp³-hybridized carbons (Fsp3) is 0.933. The molecule has 0 bridgehead atoms. The third-order valence-electron chi connectivity index (χ3n) is 4.73. The number of guanidine groups is 1. The second kappa shape index (κ2) is 8.35. The van der Waals surface area contributed by atoms with E-state index >= 15 is 0 Å². The van der Waals surface area contributed by atoms with Gasteiger partial charge in [-0.3, -0.25) is 14.8 Å². The Labute approximate surface area is 142 Å². The van der Waals surface area contributed by atoms with Crippen LogP contribution in [0.1, 0.15) is 6.42 Å². The van der Waals surface area contributed by atoms with Crippen molar-refractivity contribution in [3.8, 4) is 0 Å². The van der Waals surface area contributed by atoms with Gasteiger partial charge < -0.3 is 15.5 Å². The number of hydrogen-bond donors (Lipinski definition) is 2. The summed E-state index contributed by atoms with van der Waals surface area (Å²) in [5.74, 6) is 0.662. The molecule has 140 valence electrons. The molecule has 0 radical (unpaired) electrons. The number of piperazine rings is 1. The zero-order valence-electron chi connectivity index (χ0n) is 14.7. The smallest absolute Gasteiger partial charge is 0.355 e. The first-order chi connectivity index (χ1) is 11.3. The van der Waals surface area contributed by atoms with E-state index in [1.54, 1.807) is 7.05 Å². The molecule has 2 N–H and O–H groups in total. The molecule has 2 aliphatic heterocycles. The Morgan fingerprint density at radius 1 is 1.17 bits per heavy atom. The van der Waals surface area contributed by atoms with Crippen molar-refractivity contribution in [3.05, 3.63) is 0 Å². The highest BCUT2D eigenvalue weighted by molar-refractivity contribution is 5.80. The Hall–Kier alpha value is -1.06. The summed E-state index contributed by atoms with van der Waals surface area (Å²) in [6.07, 6.45) is -3.44. The Kier molecular flexibility index (Phi) is 6.70. The zero-order chi connectivity index (χ0) is 17.7. The van der Waals surface area contributed by atoms with Gasteiger partial charge in [-0.05, 0) is 20.5 Å². The van der Waals surface area contributed by atoms with Gasteiger partial charge in [-0.2, -0.15) is 13.2 Å². The molecule has 2 unspecified atom stereocenters. The van der Waals surface area contributed by atoms with Gasteiger partial charge in [0.1, 0.15) is 0 Å². The molecule has 2 aliphatic rings. The highest BCUT2D eigenvalue weighted by atomic mass is 19.4. The molecule has 0 aromatic heterocycles. The standard InChI is InChI=1S/C15H29F3N6/c1-19-14(20-8-13-10-22(2)6-7-23(13)3)21-12-4-5-24(9-12)11-15(16,17)18/h12-13H,4-11H2,1-3H3,(H2,19,20,21). The van der Waals surface area contributed by atoms with Gasteiger partial charge in [-0.1, -0.05) is 0 Å². The van der Waals surface area contributed by atoms with Gasteiger partial charge in [0.05, 0.1) is 6.54 Å². The monoisotopic (exact) mass is 350 g/mol. The molecule has 2 rings (SSSR count). The van der Waals surface area contributed by atoms with E-state index in [9.17, 15) is 13.2 Å². The van der Waals surface area contributed by atoms with Gasteiger partial charge in [-0.25, -0.2) is 0 Å². The maximum absolute atomic E-state index is 12.5. The largest absolute Gasteiger partial charge is 0.401 e. The number of halogens is 3. The number of rotatable bonds is 4. The van der Waals surface area contributed by atoms with Crippen LogP contribution in [-0.2, 0) is 0 Å². The van der Waals surface area contributed by atoms with Crippen molar-refractivity contribution in [1.29, 1.82) is 0 Å². The van der Waals surface area contributed by atoms with Crippen molar-refractivity contribution in [2.45, 2.75) is 24.7 Å². The van der Waals surface area contributed by atoms with Crippen LogP contribution in [0.5, 0.6) is 0 Å². The summed E-state index contributed by atoms with van der Waals surface area (Å²) in [7, 11) is 5.91. The van der Waals surface area contributed by atoms with Gasteiger partial charge in [0.25, 0.3) is 0 Å². The molecule has 0 aromatic rings. The SMILES string of the molecule is CN=C(NCC1CN(C)CCN1C)NC1CCN(CC(F)(F)F)C1. The van der Waals surface area contributed by atoms with E-state index in [4.69, 9.17) is 0 Å². The van der Waals surface area contributed by atoms with Gasteiger partial charge >= 0.3 is 6.18 Å². The molecule has 0 aromatic carbocycles. The maximum atomic E-state index is 12.5. The summed E-state index contributed by atoms with van der Waals surface area (Å²) in [6, 6.07) is 0.401. The second-order valence-electron chi connectivity index (χ2n) is 6.83. The molecule has 0 aliphatic carbocycles. The Morgan fingerprint density at radius 2 is 1.92 bits per heavy atom. The summed E-state index contributed by atoms with van der Waals surface area (Å²) >= 11 is 0. The molecule has 6 nitrogen and oxygen atoms in total. The van der Waals surface area contributed by atoms with Crippen LogP contribution in [0.2, 0.25) is 0 Å². The van der Waals surface area contributed by atoms with Crippen LogP contribution < -0.4 is 10.6 Å². The lowest BCUT2D eigenvalue weighted by atomic mass is 10.2. The van der Waals surface area contributed by atoms with Crippen LogP contribution in [0, 0.1) is 0 Å². The number of likely N-dealkylation sites (tertiary alicyclic amines) is 1. The number of alkyl halides is 3. The third kappa shape index (κ3) is 6.10. The molecule has 0 saturated carbocycles. The number of likely N-dealkylation sites (N-methyl/N-ethyl adjacent to an activating group) is 2. The lowest BCUT2D eigenvalue weighted by Gasteiger charge is -2.38. The topological polar surface area (TPSA) is 46.1 Å². The average molecular weight is 350 g/mol. The Bertz CT molecular complexity index is 428. The predicted molar refractivity (Wildman–Crippen MR) is 89.3 cm³/mol. The van der Waals surface area contributed by atoms with E-state index in [2.05, 4.69) is 39.5 Å². The summed E-state index contributed by atoms with van der Waals surface area (Å²) < 4.78 is 37.4. The first kappa shape index (κ1) is 19.3. The summed E-state index contributed by atoms with van der Waals surface area (Å²) in [5.41, 5.74) is 0. The third-order valence-corrected chi connectivity index (χ3v) is 4.73. The first-order valence-electron chi connectivity index (χ1n) is 8.42. The van der Waals surface area contributed by atoms with Crippen molar-refractivity contribution in [3.63, 3.8) is 0 Å². The van der Waals surface area contributed by atoms with Crippen molar-refractivity contribution in [2.75, 3.05) is 67.0 Å². The predicted octanol–water partition coefficient (Wildman–Crippen LogP) is 0.0338. The molecular weight excluding hydrogens is 321 g/mol. The van der Waals surface area contributed by atoms with Crippen LogP contribution in [0.15, 0.2) is 4.99 Å². The van der Waals surface area contributed by atoms with Gasteiger partial charge in [0.15, 0.2) is 5.96 Å². The quantitative estimate of drug-likeness (QED) is 0.554. The summed E-state index contributed by atoms with van der Waals surface area (Å²) in [5, 5.41) is 6.55. The lowest BCUT2D eigenvalue weighted by Crippen LogP contribution is -2.56. The highest BCUT2D eigenvalue weighted by Crippen LogP contribution is 2.19.